The predicted octanol–water partition coefficient (Wildman–Crippen LogP) is 5.50. The minimum atomic E-state index is -1.03. The van der Waals surface area contributed by atoms with E-state index in [9.17, 15) is 9.59 Å². The first-order valence-electron chi connectivity index (χ1n) is 9.91. The zero-order valence-corrected chi connectivity index (χ0v) is 17.1. The summed E-state index contributed by atoms with van der Waals surface area (Å²) in [6, 6.07) is 23.3. The molecule has 3 rings (SSSR count). The van der Waals surface area contributed by atoms with Crippen LogP contribution in [0.1, 0.15) is 46.8 Å². The summed E-state index contributed by atoms with van der Waals surface area (Å²) >= 11 is 0. The van der Waals surface area contributed by atoms with E-state index in [1.165, 1.54) is 11.6 Å². The Kier molecular flexibility index (Phi) is 6.81. The molecule has 30 heavy (non-hydrogen) atoms. The molecule has 0 radical (unpaired) electrons. The van der Waals surface area contributed by atoms with Gasteiger partial charge in [0.05, 0.1) is 0 Å². The minimum Gasteiger partial charge on any atom is -0.478 e. The van der Waals surface area contributed by atoms with Gasteiger partial charge < -0.3 is 10.4 Å². The fourth-order valence-corrected chi connectivity index (χ4v) is 3.15. The first kappa shape index (κ1) is 21.1. The van der Waals surface area contributed by atoms with E-state index in [2.05, 4.69) is 31.3 Å². The van der Waals surface area contributed by atoms with Crippen LogP contribution >= 0.6 is 0 Å². The van der Waals surface area contributed by atoms with Gasteiger partial charge in [-0.25, -0.2) is 4.79 Å². The number of benzene rings is 3. The van der Waals surface area contributed by atoms with E-state index < -0.39 is 5.97 Å². The lowest BCUT2D eigenvalue weighted by atomic mass is 9.99. The van der Waals surface area contributed by atoms with Crippen LogP contribution in [0.15, 0.2) is 78.9 Å². The van der Waals surface area contributed by atoms with E-state index >= 15 is 0 Å². The quantitative estimate of drug-likeness (QED) is 0.515. The monoisotopic (exact) mass is 399 g/mol. The maximum atomic E-state index is 12.8. The third kappa shape index (κ3) is 5.67. The highest BCUT2D eigenvalue weighted by molar-refractivity contribution is 5.96. The highest BCUT2D eigenvalue weighted by Gasteiger charge is 2.10. The number of carboxylic acids is 1. The molecule has 3 aromatic carbocycles. The lowest BCUT2D eigenvalue weighted by Crippen LogP contribution is -2.23. The number of amides is 1. The van der Waals surface area contributed by atoms with E-state index in [0.29, 0.717) is 23.6 Å². The van der Waals surface area contributed by atoms with E-state index in [-0.39, 0.29) is 5.91 Å². The number of rotatable bonds is 7. The number of aliphatic carboxylic acids is 1. The molecule has 2 N–H and O–H groups in total. The first-order chi connectivity index (χ1) is 14.4. The molecule has 4 heteroatoms. The van der Waals surface area contributed by atoms with Crippen LogP contribution in [0.5, 0.6) is 0 Å². The van der Waals surface area contributed by atoms with Gasteiger partial charge in [0.15, 0.2) is 0 Å². The van der Waals surface area contributed by atoms with Gasteiger partial charge in [-0.15, -0.1) is 0 Å². The molecule has 0 bridgehead atoms. The lowest BCUT2D eigenvalue weighted by molar-refractivity contribution is -0.131. The number of carboxylic acid groups (broad SMARTS) is 1. The van der Waals surface area contributed by atoms with E-state index in [1.807, 2.05) is 54.6 Å². The second-order valence-electron chi connectivity index (χ2n) is 7.46. The molecule has 0 unspecified atom stereocenters. The summed E-state index contributed by atoms with van der Waals surface area (Å²) in [5, 5.41) is 11.9. The molecule has 152 valence electrons. The van der Waals surface area contributed by atoms with Crippen molar-refractivity contribution in [3.63, 3.8) is 0 Å². The van der Waals surface area contributed by atoms with Gasteiger partial charge >= 0.3 is 5.97 Å². The Balaban J connectivity index is 1.83. The summed E-state index contributed by atoms with van der Waals surface area (Å²) in [6.07, 6.45) is 2.57. The maximum absolute atomic E-state index is 12.8. The molecule has 0 spiro atoms. The van der Waals surface area contributed by atoms with Crippen LogP contribution in [0.3, 0.4) is 0 Å². The van der Waals surface area contributed by atoms with Crippen LogP contribution in [0.25, 0.3) is 17.2 Å². The second-order valence-corrected chi connectivity index (χ2v) is 7.46. The number of carbonyl (C=O) groups is 2. The summed E-state index contributed by atoms with van der Waals surface area (Å²) in [6.45, 7) is 4.72. The lowest BCUT2D eigenvalue weighted by Gasteiger charge is -2.11. The Bertz CT molecular complexity index is 1050. The maximum Gasteiger partial charge on any atom is 0.328 e. The second kappa shape index (κ2) is 9.70. The molecule has 0 aliphatic rings. The first-order valence-corrected chi connectivity index (χ1v) is 9.91. The van der Waals surface area contributed by atoms with Crippen molar-refractivity contribution < 1.29 is 14.7 Å². The van der Waals surface area contributed by atoms with Crippen molar-refractivity contribution in [2.24, 2.45) is 0 Å². The molecule has 0 aliphatic carbocycles. The molecule has 0 saturated heterocycles. The van der Waals surface area contributed by atoms with Crippen LogP contribution in [-0.2, 0) is 11.3 Å². The number of nitrogens with one attached hydrogen (secondary N) is 1. The third-order valence-electron chi connectivity index (χ3n) is 4.84. The fraction of sp³-hybridized carbons (Fsp3) is 0.154. The number of carbonyl (C=O) groups excluding carboxylic acids is 1. The molecule has 0 aromatic heterocycles. The average molecular weight is 399 g/mol. The number of hydrogen-bond donors (Lipinski definition) is 2. The Hall–Kier alpha value is -3.66. The van der Waals surface area contributed by atoms with Crippen molar-refractivity contribution in [3.05, 3.63) is 101 Å². The van der Waals surface area contributed by atoms with Crippen molar-refractivity contribution >= 4 is 18.0 Å². The van der Waals surface area contributed by atoms with E-state index in [1.54, 1.807) is 6.07 Å². The zero-order valence-electron chi connectivity index (χ0n) is 17.1. The van der Waals surface area contributed by atoms with Crippen LogP contribution in [0.4, 0.5) is 0 Å². The Labute approximate surface area is 176 Å². The molecule has 0 saturated carbocycles. The zero-order chi connectivity index (χ0) is 21.5. The molecule has 3 aromatic rings. The molecule has 4 nitrogen and oxygen atoms in total. The molecule has 0 fully saturated rings. The highest BCUT2D eigenvalue weighted by Crippen LogP contribution is 2.23. The van der Waals surface area contributed by atoms with Gasteiger partial charge in [0, 0.05) is 18.2 Å². The van der Waals surface area contributed by atoms with Gasteiger partial charge in [-0.2, -0.15) is 0 Å². The predicted molar refractivity (Wildman–Crippen MR) is 120 cm³/mol. The Morgan fingerprint density at radius 3 is 2.27 bits per heavy atom. The summed E-state index contributed by atoms with van der Waals surface area (Å²) < 4.78 is 0. The van der Waals surface area contributed by atoms with Gasteiger partial charge in [0.25, 0.3) is 5.91 Å². The van der Waals surface area contributed by atoms with Crippen LogP contribution in [-0.4, -0.2) is 17.0 Å². The largest absolute Gasteiger partial charge is 0.478 e. The van der Waals surface area contributed by atoms with Crippen molar-refractivity contribution in [1.29, 1.82) is 0 Å². The smallest absolute Gasteiger partial charge is 0.328 e. The Morgan fingerprint density at radius 1 is 0.933 bits per heavy atom. The fourth-order valence-electron chi connectivity index (χ4n) is 3.15. The summed E-state index contributed by atoms with van der Waals surface area (Å²) in [7, 11) is 0. The van der Waals surface area contributed by atoms with Crippen LogP contribution in [0, 0.1) is 0 Å². The van der Waals surface area contributed by atoms with Crippen molar-refractivity contribution in [2.45, 2.75) is 26.3 Å². The molecule has 1 amide bonds. The van der Waals surface area contributed by atoms with E-state index in [4.69, 9.17) is 5.11 Å². The summed E-state index contributed by atoms with van der Waals surface area (Å²) in [5.41, 5.74) is 5.25. The molecule has 0 atom stereocenters. The van der Waals surface area contributed by atoms with Gasteiger partial charge in [-0.1, -0.05) is 68.4 Å². The van der Waals surface area contributed by atoms with Crippen LogP contribution < -0.4 is 5.32 Å². The SMILES string of the molecule is CC(C)c1ccc(CNC(=O)c2cc(/C=C/C(=O)O)cc(-c3ccccc3)c2)cc1. The van der Waals surface area contributed by atoms with Gasteiger partial charge in [-0.3, -0.25) is 4.79 Å². The van der Waals surface area contributed by atoms with Gasteiger partial charge in [0.2, 0.25) is 0 Å². The normalized spacial score (nSPS) is 11.0. The summed E-state index contributed by atoms with van der Waals surface area (Å²) in [4.78, 5) is 23.7. The average Bonchev–Trinajstić information content (AvgIpc) is 2.76. The van der Waals surface area contributed by atoms with Crippen molar-refractivity contribution in [2.75, 3.05) is 0 Å². The highest BCUT2D eigenvalue weighted by atomic mass is 16.4. The van der Waals surface area contributed by atoms with E-state index in [0.717, 1.165) is 22.8 Å². The van der Waals surface area contributed by atoms with Crippen molar-refractivity contribution in [3.8, 4) is 11.1 Å². The summed E-state index contributed by atoms with van der Waals surface area (Å²) in [5.74, 6) is -0.770. The topological polar surface area (TPSA) is 66.4 Å². The standard InChI is InChI=1S/C26H25NO3/c1-18(2)21-11-8-19(9-12-21)17-27-26(30)24-15-20(10-13-25(28)29)14-23(16-24)22-6-4-3-5-7-22/h3-16,18H,17H2,1-2H3,(H,27,30)(H,28,29)/b13-10+. The van der Waals surface area contributed by atoms with Crippen molar-refractivity contribution in [1.82, 2.24) is 5.32 Å². The molecular formula is C26H25NO3. The minimum absolute atomic E-state index is 0.203. The van der Waals surface area contributed by atoms with Gasteiger partial charge in [-0.05, 0) is 58.0 Å². The third-order valence-corrected chi connectivity index (χ3v) is 4.84. The molecular weight excluding hydrogens is 374 g/mol. The molecule has 0 heterocycles. The van der Waals surface area contributed by atoms with Gasteiger partial charge in [0.1, 0.15) is 0 Å². The Morgan fingerprint density at radius 2 is 1.63 bits per heavy atom. The molecule has 0 aliphatic heterocycles. The van der Waals surface area contributed by atoms with Crippen LogP contribution in [0.2, 0.25) is 0 Å². The number of hydrogen-bond acceptors (Lipinski definition) is 2.